The number of hydrogen-bond acceptors (Lipinski definition) is 3. The van der Waals surface area contributed by atoms with E-state index in [0.717, 1.165) is 94.2 Å². The zero-order valence-corrected chi connectivity index (χ0v) is 34.1. The Hall–Kier alpha value is -8.47. The van der Waals surface area contributed by atoms with Gasteiger partial charge in [-0.15, -0.1) is 0 Å². The fourth-order valence-corrected chi connectivity index (χ4v) is 9.68. The summed E-state index contributed by atoms with van der Waals surface area (Å²) in [5, 5.41) is 10.4. The highest BCUT2D eigenvalue weighted by Gasteiger charge is 2.20. The summed E-state index contributed by atoms with van der Waals surface area (Å²) in [5.41, 5.74) is 14.6. The fraction of sp³-hybridized carbons (Fsp3) is 0. The van der Waals surface area contributed by atoms with Crippen LogP contribution in [0.25, 0.3) is 127 Å². The first kappa shape index (κ1) is 35.3. The Morgan fingerprint density at radius 3 is 1.67 bits per heavy atom. The summed E-state index contributed by atoms with van der Waals surface area (Å²) in [6, 6.07) is 78.1. The number of fused-ring (bicyclic) bond motifs is 10. The number of para-hydroxylation sites is 1. The van der Waals surface area contributed by atoms with Gasteiger partial charge in [-0.05, 0) is 75.8 Å². The molecule has 0 amide bonds. The molecule has 292 valence electrons. The van der Waals surface area contributed by atoms with Crippen LogP contribution >= 0.6 is 0 Å². The van der Waals surface area contributed by atoms with Crippen molar-refractivity contribution in [3.05, 3.63) is 218 Å². The highest BCUT2D eigenvalue weighted by atomic mass is 15.0. The van der Waals surface area contributed by atoms with Crippen molar-refractivity contribution in [2.24, 2.45) is 0 Å². The summed E-state index contributed by atoms with van der Waals surface area (Å²) in [4.78, 5) is 15.7. The summed E-state index contributed by atoms with van der Waals surface area (Å²) >= 11 is 0. The van der Waals surface area contributed by atoms with Crippen LogP contribution in [0.2, 0.25) is 0 Å². The first-order chi connectivity index (χ1) is 31.2. The molecular formula is C59H36N4. The second-order valence-electron chi connectivity index (χ2n) is 16.4. The van der Waals surface area contributed by atoms with Crippen molar-refractivity contribution in [1.29, 1.82) is 0 Å². The van der Waals surface area contributed by atoms with Gasteiger partial charge < -0.3 is 4.57 Å². The second-order valence-corrected chi connectivity index (χ2v) is 16.4. The van der Waals surface area contributed by atoms with Crippen molar-refractivity contribution in [1.82, 2.24) is 19.5 Å². The molecule has 0 saturated heterocycles. The quantitative estimate of drug-likeness (QED) is 0.163. The van der Waals surface area contributed by atoms with E-state index in [1.165, 1.54) is 32.5 Å². The van der Waals surface area contributed by atoms with E-state index >= 15 is 0 Å². The Bertz CT molecular complexity index is 3950. The summed E-state index contributed by atoms with van der Waals surface area (Å²) < 4.78 is 2.45. The van der Waals surface area contributed by atoms with Crippen molar-refractivity contribution in [2.45, 2.75) is 0 Å². The Kier molecular flexibility index (Phi) is 7.87. The molecule has 0 spiro atoms. The molecular weight excluding hydrogens is 765 g/mol. The largest absolute Gasteiger partial charge is 0.309 e. The van der Waals surface area contributed by atoms with Gasteiger partial charge in [-0.2, -0.15) is 0 Å². The molecule has 0 unspecified atom stereocenters. The van der Waals surface area contributed by atoms with Gasteiger partial charge in [0.1, 0.15) is 0 Å². The van der Waals surface area contributed by atoms with Crippen LogP contribution in [-0.4, -0.2) is 19.5 Å². The molecule has 13 aromatic rings. The minimum Gasteiger partial charge on any atom is -0.309 e. The van der Waals surface area contributed by atoms with E-state index in [1.54, 1.807) is 0 Å². The maximum atomic E-state index is 5.32. The van der Waals surface area contributed by atoms with Gasteiger partial charge in [0.25, 0.3) is 0 Å². The van der Waals surface area contributed by atoms with Crippen molar-refractivity contribution in [2.75, 3.05) is 0 Å². The van der Waals surface area contributed by atoms with E-state index < -0.39 is 0 Å². The summed E-state index contributed by atoms with van der Waals surface area (Å²) in [6.45, 7) is 0. The molecule has 0 N–H and O–H groups in total. The number of benzene rings is 9. The van der Waals surface area contributed by atoms with Crippen molar-refractivity contribution in [3.8, 4) is 50.6 Å². The monoisotopic (exact) mass is 800 g/mol. The summed E-state index contributed by atoms with van der Waals surface area (Å²) in [7, 11) is 0. The van der Waals surface area contributed by atoms with E-state index in [-0.39, 0.29) is 0 Å². The van der Waals surface area contributed by atoms with Gasteiger partial charge in [0.05, 0.1) is 44.7 Å². The number of nitrogens with zero attached hydrogens (tertiary/aromatic N) is 4. The minimum atomic E-state index is 0.905. The minimum absolute atomic E-state index is 0.905. The lowest BCUT2D eigenvalue weighted by Gasteiger charge is -2.13. The van der Waals surface area contributed by atoms with Crippen LogP contribution < -0.4 is 0 Å². The Balaban J connectivity index is 1.02. The highest BCUT2D eigenvalue weighted by molar-refractivity contribution is 6.23. The van der Waals surface area contributed by atoms with Crippen LogP contribution in [0.3, 0.4) is 0 Å². The van der Waals surface area contributed by atoms with Gasteiger partial charge in [0.15, 0.2) is 0 Å². The van der Waals surface area contributed by atoms with E-state index in [2.05, 4.69) is 217 Å². The van der Waals surface area contributed by atoms with Crippen molar-refractivity contribution >= 4 is 76.1 Å². The van der Waals surface area contributed by atoms with Crippen LogP contribution in [0.1, 0.15) is 0 Å². The molecule has 0 aliphatic heterocycles. The molecule has 13 rings (SSSR count). The van der Waals surface area contributed by atoms with Crippen LogP contribution in [-0.2, 0) is 0 Å². The zero-order chi connectivity index (χ0) is 41.4. The molecule has 4 heterocycles. The molecule has 0 atom stereocenters. The maximum Gasteiger partial charge on any atom is 0.0972 e. The van der Waals surface area contributed by atoms with Gasteiger partial charge in [0, 0.05) is 54.7 Å². The highest BCUT2D eigenvalue weighted by Crippen LogP contribution is 2.43. The molecule has 4 aromatic heterocycles. The molecule has 0 saturated carbocycles. The molecule has 0 bridgehead atoms. The third-order valence-corrected chi connectivity index (χ3v) is 12.7. The Labute approximate surface area is 363 Å². The predicted molar refractivity (Wildman–Crippen MR) is 263 cm³/mol. The third kappa shape index (κ3) is 5.73. The SMILES string of the molecule is c1ccc(-c2ccc3ccc4ccc(-c5ccc(-c6cccc7c6c6cc8c(-c9ccccc9)nc9ccccc9c8cc6n7-c6ccc7ccccc7c6)cc5)nc4c3n2)cc1. The Morgan fingerprint density at radius 1 is 0.317 bits per heavy atom. The molecule has 63 heavy (non-hydrogen) atoms. The molecule has 0 fully saturated rings. The number of rotatable bonds is 5. The second kappa shape index (κ2) is 14.1. The number of hydrogen-bond donors (Lipinski definition) is 0. The van der Waals surface area contributed by atoms with E-state index in [4.69, 9.17) is 15.0 Å². The topological polar surface area (TPSA) is 43.6 Å². The van der Waals surface area contributed by atoms with Gasteiger partial charge in [0.2, 0.25) is 0 Å². The molecule has 4 heteroatoms. The normalized spacial score (nSPS) is 11.8. The van der Waals surface area contributed by atoms with Gasteiger partial charge in [-0.3, -0.25) is 0 Å². The van der Waals surface area contributed by atoms with Crippen molar-refractivity contribution in [3.63, 3.8) is 0 Å². The van der Waals surface area contributed by atoms with Gasteiger partial charge in [-0.1, -0.05) is 170 Å². The van der Waals surface area contributed by atoms with Crippen LogP contribution in [0, 0.1) is 0 Å². The van der Waals surface area contributed by atoms with E-state index in [1.807, 2.05) is 6.07 Å². The average Bonchev–Trinajstić information content (AvgIpc) is 3.69. The number of pyridine rings is 3. The van der Waals surface area contributed by atoms with E-state index in [9.17, 15) is 0 Å². The van der Waals surface area contributed by atoms with Crippen LogP contribution in [0.5, 0.6) is 0 Å². The van der Waals surface area contributed by atoms with Gasteiger partial charge >= 0.3 is 0 Å². The standard InChI is InChI=1S/C59H36N4/c1-3-13-39(14-4-1)51-32-29-42-26-27-43-30-33-52(61-59(43)58(42)60-51)40-24-22-38(23-25-40)46-19-11-21-54-56(46)50-35-49-48(36-55(50)63(54)45-31-28-37-12-7-8-17-44(37)34-45)47-18-9-10-20-53(47)62-57(49)41-15-5-2-6-16-41/h1-36H. The smallest absolute Gasteiger partial charge is 0.0972 e. The average molecular weight is 801 g/mol. The third-order valence-electron chi connectivity index (χ3n) is 12.7. The Morgan fingerprint density at radius 2 is 0.921 bits per heavy atom. The molecule has 0 aliphatic carbocycles. The van der Waals surface area contributed by atoms with Gasteiger partial charge in [-0.25, -0.2) is 15.0 Å². The number of aromatic nitrogens is 4. The maximum absolute atomic E-state index is 5.32. The lowest BCUT2D eigenvalue weighted by molar-refractivity contribution is 1.19. The van der Waals surface area contributed by atoms with Crippen LogP contribution in [0.4, 0.5) is 0 Å². The lowest BCUT2D eigenvalue weighted by atomic mass is 9.95. The first-order valence-corrected chi connectivity index (χ1v) is 21.4. The first-order valence-electron chi connectivity index (χ1n) is 21.4. The molecule has 0 aliphatic rings. The molecule has 0 radical (unpaired) electrons. The zero-order valence-electron chi connectivity index (χ0n) is 34.1. The van der Waals surface area contributed by atoms with Crippen LogP contribution in [0.15, 0.2) is 218 Å². The fourth-order valence-electron chi connectivity index (χ4n) is 9.68. The molecule has 9 aromatic carbocycles. The van der Waals surface area contributed by atoms with E-state index in [0.29, 0.717) is 0 Å². The lowest BCUT2D eigenvalue weighted by Crippen LogP contribution is -1.95. The molecule has 4 nitrogen and oxygen atoms in total. The van der Waals surface area contributed by atoms with Crippen molar-refractivity contribution < 1.29 is 0 Å². The summed E-state index contributed by atoms with van der Waals surface area (Å²) in [5.74, 6) is 0. The summed E-state index contributed by atoms with van der Waals surface area (Å²) in [6.07, 6.45) is 0. The predicted octanol–water partition coefficient (Wildman–Crippen LogP) is 15.4.